The van der Waals surface area contributed by atoms with E-state index in [-0.39, 0.29) is 39.6 Å². The SMILES string of the molecule is N#CC(c1ccccc1)(C1CCN(CC2CN(c3ccc(S(=O)(=O)c4ccncc4)cc3)C2)CC1)[C@@H]1CCC[C@H]1OC(=O)C1CCC1. The summed E-state index contributed by atoms with van der Waals surface area (Å²) in [6.07, 6.45) is 10.4. The third-order valence-corrected chi connectivity index (χ3v) is 13.1. The predicted octanol–water partition coefficient (Wildman–Crippen LogP) is 6.04. The molecule has 4 fully saturated rings. The van der Waals surface area contributed by atoms with Gasteiger partial charge in [-0.15, -0.1) is 0 Å². The Labute approximate surface area is 278 Å². The van der Waals surface area contributed by atoms with Crippen molar-refractivity contribution in [3.63, 3.8) is 0 Å². The summed E-state index contributed by atoms with van der Waals surface area (Å²) in [5.74, 6) is 0.763. The number of benzene rings is 2. The van der Waals surface area contributed by atoms with Crippen molar-refractivity contribution in [2.75, 3.05) is 37.6 Å². The van der Waals surface area contributed by atoms with Gasteiger partial charge in [0.15, 0.2) is 0 Å². The summed E-state index contributed by atoms with van der Waals surface area (Å²) in [6, 6.07) is 23.4. The number of piperidine rings is 1. The molecule has 7 rings (SSSR count). The largest absolute Gasteiger partial charge is 0.462 e. The summed E-state index contributed by atoms with van der Waals surface area (Å²) < 4.78 is 32.1. The number of esters is 1. The minimum atomic E-state index is -3.56. The number of carbonyl (C=O) groups excluding carboxylic acids is 1. The van der Waals surface area contributed by atoms with E-state index in [1.807, 2.05) is 30.3 Å². The fraction of sp³-hybridized carbons (Fsp3) is 0.500. The van der Waals surface area contributed by atoms with Gasteiger partial charge in [0.1, 0.15) is 6.10 Å². The van der Waals surface area contributed by atoms with E-state index in [2.05, 4.69) is 33.0 Å². The Hall–Kier alpha value is -3.74. The summed E-state index contributed by atoms with van der Waals surface area (Å²) in [5, 5.41) is 11.0. The van der Waals surface area contributed by atoms with Crippen LogP contribution in [0.1, 0.15) is 56.9 Å². The highest BCUT2D eigenvalue weighted by atomic mass is 32.2. The average molecular weight is 653 g/mol. The van der Waals surface area contributed by atoms with Crippen molar-refractivity contribution in [2.24, 2.45) is 23.7 Å². The van der Waals surface area contributed by atoms with Crippen molar-refractivity contribution in [1.29, 1.82) is 5.26 Å². The van der Waals surface area contributed by atoms with E-state index in [9.17, 15) is 18.5 Å². The molecule has 3 aromatic rings. The zero-order valence-corrected chi connectivity index (χ0v) is 27.7. The molecule has 0 radical (unpaired) electrons. The molecule has 0 spiro atoms. The zero-order valence-electron chi connectivity index (χ0n) is 26.9. The second-order valence-electron chi connectivity index (χ2n) is 14.0. The Bertz CT molecular complexity index is 1680. The quantitative estimate of drug-likeness (QED) is 0.245. The highest BCUT2D eigenvalue weighted by Crippen LogP contribution is 2.51. The lowest BCUT2D eigenvalue weighted by molar-refractivity contribution is -0.160. The molecule has 0 bridgehead atoms. The van der Waals surface area contributed by atoms with Crippen LogP contribution in [-0.2, 0) is 24.8 Å². The van der Waals surface area contributed by atoms with Crippen LogP contribution in [0, 0.1) is 35.0 Å². The molecule has 1 unspecified atom stereocenters. The van der Waals surface area contributed by atoms with Gasteiger partial charge in [0.2, 0.25) is 9.84 Å². The molecule has 8 nitrogen and oxygen atoms in total. The lowest BCUT2D eigenvalue weighted by Crippen LogP contribution is -2.54. The minimum Gasteiger partial charge on any atom is -0.462 e. The van der Waals surface area contributed by atoms with E-state index >= 15 is 0 Å². The summed E-state index contributed by atoms with van der Waals surface area (Å²) in [5.41, 5.74) is 1.45. The van der Waals surface area contributed by atoms with Gasteiger partial charge in [0.05, 0.1) is 27.2 Å². The fourth-order valence-electron chi connectivity index (χ4n) is 8.50. The van der Waals surface area contributed by atoms with Crippen LogP contribution in [0.15, 0.2) is 88.9 Å². The van der Waals surface area contributed by atoms with Crippen LogP contribution in [0.4, 0.5) is 5.69 Å². The second kappa shape index (κ2) is 13.4. The molecule has 2 aliphatic carbocycles. The maximum atomic E-state index is 12.9. The van der Waals surface area contributed by atoms with Gasteiger partial charge in [-0.05, 0) is 106 Å². The van der Waals surface area contributed by atoms with Crippen LogP contribution < -0.4 is 4.90 Å². The molecule has 2 saturated carbocycles. The Balaban J connectivity index is 0.968. The average Bonchev–Trinajstić information content (AvgIpc) is 3.52. The van der Waals surface area contributed by atoms with Crippen molar-refractivity contribution in [2.45, 2.75) is 72.7 Å². The first kappa shape index (κ1) is 31.8. The smallest absolute Gasteiger partial charge is 0.309 e. The third kappa shape index (κ3) is 6.18. The number of rotatable bonds is 10. The number of hydrogen-bond donors (Lipinski definition) is 0. The number of hydrogen-bond acceptors (Lipinski definition) is 8. The molecular formula is C38H44N4O4S. The number of aromatic nitrogens is 1. The first-order chi connectivity index (χ1) is 22.9. The van der Waals surface area contributed by atoms with Gasteiger partial charge in [-0.3, -0.25) is 9.78 Å². The lowest BCUT2D eigenvalue weighted by Gasteiger charge is -2.48. The van der Waals surface area contributed by atoms with E-state index < -0.39 is 15.3 Å². The van der Waals surface area contributed by atoms with Crippen LogP contribution in [0.25, 0.3) is 0 Å². The van der Waals surface area contributed by atoms with Gasteiger partial charge in [-0.2, -0.15) is 5.26 Å². The Morgan fingerprint density at radius 3 is 2.17 bits per heavy atom. The minimum absolute atomic E-state index is 0.0155. The highest BCUT2D eigenvalue weighted by Gasteiger charge is 2.53. The van der Waals surface area contributed by atoms with Crippen LogP contribution in [0.3, 0.4) is 0 Å². The number of pyridine rings is 1. The molecule has 3 heterocycles. The van der Waals surface area contributed by atoms with Gasteiger partial charge in [-0.25, -0.2) is 8.42 Å². The van der Waals surface area contributed by atoms with Crippen molar-refractivity contribution < 1.29 is 17.9 Å². The van der Waals surface area contributed by atoms with Crippen LogP contribution in [0.5, 0.6) is 0 Å². The van der Waals surface area contributed by atoms with E-state index in [4.69, 9.17) is 4.74 Å². The van der Waals surface area contributed by atoms with Gasteiger partial charge in [-0.1, -0.05) is 36.8 Å². The molecule has 1 aromatic heterocycles. The molecule has 2 aliphatic heterocycles. The Kier molecular flexibility index (Phi) is 9.08. The number of nitriles is 1. The van der Waals surface area contributed by atoms with Crippen molar-refractivity contribution >= 4 is 21.5 Å². The van der Waals surface area contributed by atoms with Crippen LogP contribution in [-0.4, -0.2) is 63.1 Å². The number of anilines is 1. The maximum absolute atomic E-state index is 12.9. The van der Waals surface area contributed by atoms with Gasteiger partial charge < -0.3 is 14.5 Å². The molecule has 0 N–H and O–H groups in total. The first-order valence-electron chi connectivity index (χ1n) is 17.3. The number of likely N-dealkylation sites (tertiary alicyclic amines) is 1. The third-order valence-electron chi connectivity index (χ3n) is 11.4. The molecule has 2 aromatic carbocycles. The topological polar surface area (TPSA) is 104 Å². The number of nitrogens with zero attached hydrogens (tertiary/aromatic N) is 4. The molecule has 9 heteroatoms. The van der Waals surface area contributed by atoms with Crippen molar-refractivity contribution in [3.8, 4) is 6.07 Å². The van der Waals surface area contributed by atoms with Crippen LogP contribution >= 0.6 is 0 Å². The molecule has 3 atom stereocenters. The number of sulfone groups is 1. The summed E-state index contributed by atoms with van der Waals surface area (Å²) in [6.45, 7) is 4.82. The molecule has 0 amide bonds. The summed E-state index contributed by atoms with van der Waals surface area (Å²) >= 11 is 0. The van der Waals surface area contributed by atoms with E-state index in [0.29, 0.717) is 5.92 Å². The monoisotopic (exact) mass is 652 g/mol. The van der Waals surface area contributed by atoms with Crippen LogP contribution in [0.2, 0.25) is 0 Å². The van der Waals surface area contributed by atoms with Gasteiger partial charge in [0, 0.05) is 49.6 Å². The van der Waals surface area contributed by atoms with Crippen molar-refractivity contribution in [3.05, 3.63) is 84.7 Å². The van der Waals surface area contributed by atoms with Gasteiger partial charge >= 0.3 is 5.97 Å². The Morgan fingerprint density at radius 2 is 1.53 bits per heavy atom. The molecule has 246 valence electrons. The molecular weight excluding hydrogens is 609 g/mol. The summed E-state index contributed by atoms with van der Waals surface area (Å²) in [4.78, 5) is 22.2. The number of carbonyl (C=O) groups is 1. The normalized spacial score (nSPS) is 24.1. The predicted molar refractivity (Wildman–Crippen MR) is 179 cm³/mol. The fourth-order valence-corrected chi connectivity index (χ4v) is 9.75. The van der Waals surface area contributed by atoms with Crippen molar-refractivity contribution in [1.82, 2.24) is 9.88 Å². The zero-order chi connectivity index (χ0) is 32.4. The first-order valence-corrected chi connectivity index (χ1v) is 18.8. The van der Waals surface area contributed by atoms with Gasteiger partial charge in [0.25, 0.3) is 0 Å². The Morgan fingerprint density at radius 1 is 0.872 bits per heavy atom. The highest BCUT2D eigenvalue weighted by molar-refractivity contribution is 7.91. The molecule has 4 aliphatic rings. The lowest BCUT2D eigenvalue weighted by atomic mass is 9.59. The number of ether oxygens (including phenoxy) is 1. The standard InChI is InChI=1S/C38H44N4O4S/c39-27-38(30-8-2-1-3-9-30,35-10-5-11-36(35)46-37(43)29-6-4-7-29)31-18-22-41(23-19-31)24-28-25-42(26-28)32-12-14-33(15-13-32)47(44,45)34-16-20-40-21-17-34/h1-3,8-9,12-17,20-21,28-29,31,35-36H,4-7,10-11,18-19,22-26H2/t35-,36-,38?/m1/s1. The molecule has 47 heavy (non-hydrogen) atoms. The van der Waals surface area contributed by atoms with E-state index in [1.165, 1.54) is 24.5 Å². The maximum Gasteiger partial charge on any atom is 0.309 e. The van der Waals surface area contributed by atoms with E-state index in [1.54, 1.807) is 12.1 Å². The summed E-state index contributed by atoms with van der Waals surface area (Å²) in [7, 11) is -3.56. The molecule has 2 saturated heterocycles. The second-order valence-corrected chi connectivity index (χ2v) is 16.0. The van der Waals surface area contributed by atoms with E-state index in [0.717, 1.165) is 95.3 Å².